The van der Waals surface area contributed by atoms with E-state index in [1.807, 2.05) is 55.5 Å². The number of hydrogen-bond donors (Lipinski definition) is 2. The summed E-state index contributed by atoms with van der Waals surface area (Å²) in [6.45, 7) is 4.43. The van der Waals surface area contributed by atoms with Crippen LogP contribution in [0.15, 0.2) is 48.5 Å². The van der Waals surface area contributed by atoms with Crippen LogP contribution in [-0.2, 0) is 16.1 Å². The fourth-order valence-corrected chi connectivity index (χ4v) is 2.22. The molecule has 140 valence electrons. The summed E-state index contributed by atoms with van der Waals surface area (Å²) in [5.74, 6) is 1.50. The molecule has 2 aromatic rings. The quantitative estimate of drug-likeness (QED) is 0.605. The zero-order chi connectivity index (χ0) is 18.6. The van der Waals surface area contributed by atoms with Crippen molar-refractivity contribution in [1.82, 2.24) is 5.32 Å². The Bertz CT molecular complexity index is 657. The van der Waals surface area contributed by atoms with Gasteiger partial charge in [0.25, 0.3) is 0 Å². The average molecular weight is 358 g/mol. The van der Waals surface area contributed by atoms with Crippen LogP contribution in [0.4, 0.5) is 5.69 Å². The van der Waals surface area contributed by atoms with Crippen molar-refractivity contribution in [3.8, 4) is 11.5 Å². The highest BCUT2D eigenvalue weighted by atomic mass is 16.5. The second kappa shape index (κ2) is 11.0. The topological polar surface area (TPSA) is 68.8 Å². The Hall–Kier alpha value is -2.73. The Labute approximate surface area is 154 Å². The lowest BCUT2D eigenvalue weighted by Gasteiger charge is -2.10. The van der Waals surface area contributed by atoms with Gasteiger partial charge in [0, 0.05) is 18.8 Å². The van der Waals surface area contributed by atoms with Crippen molar-refractivity contribution in [2.75, 3.05) is 38.8 Å². The summed E-state index contributed by atoms with van der Waals surface area (Å²) in [6, 6.07) is 15.1. The molecule has 0 saturated heterocycles. The first-order valence-corrected chi connectivity index (χ1v) is 8.65. The van der Waals surface area contributed by atoms with Crippen molar-refractivity contribution < 1.29 is 19.0 Å². The lowest BCUT2D eigenvalue weighted by molar-refractivity contribution is -0.119. The van der Waals surface area contributed by atoms with Gasteiger partial charge in [0.15, 0.2) is 0 Å². The number of nitrogens with one attached hydrogen (secondary N) is 2. The first kappa shape index (κ1) is 19.6. The summed E-state index contributed by atoms with van der Waals surface area (Å²) >= 11 is 0. The predicted octanol–water partition coefficient (Wildman–Crippen LogP) is 2.84. The third-order valence-corrected chi connectivity index (χ3v) is 3.66. The standard InChI is InChI=1S/C20H26N2O4/c1-3-25-12-13-26-19-10-6-17(7-11-19)21-15-20(23)22-14-16-4-8-18(24-2)9-5-16/h4-11,21H,3,12-15H2,1-2H3,(H,22,23). The lowest BCUT2D eigenvalue weighted by Crippen LogP contribution is -2.29. The highest BCUT2D eigenvalue weighted by molar-refractivity contribution is 5.80. The summed E-state index contributed by atoms with van der Waals surface area (Å²) < 4.78 is 15.9. The van der Waals surface area contributed by atoms with Crippen LogP contribution in [0.25, 0.3) is 0 Å². The zero-order valence-electron chi connectivity index (χ0n) is 15.3. The SMILES string of the molecule is CCOCCOc1ccc(NCC(=O)NCc2ccc(OC)cc2)cc1. The van der Waals surface area contributed by atoms with E-state index >= 15 is 0 Å². The molecule has 0 aliphatic rings. The Morgan fingerprint density at radius 2 is 1.65 bits per heavy atom. The van der Waals surface area contributed by atoms with E-state index in [4.69, 9.17) is 14.2 Å². The second-order valence-corrected chi connectivity index (χ2v) is 5.55. The Morgan fingerprint density at radius 3 is 2.31 bits per heavy atom. The fourth-order valence-electron chi connectivity index (χ4n) is 2.22. The first-order chi connectivity index (χ1) is 12.7. The molecule has 2 rings (SSSR count). The summed E-state index contributed by atoms with van der Waals surface area (Å²) in [5, 5.41) is 5.97. The van der Waals surface area contributed by atoms with Gasteiger partial charge in [-0.3, -0.25) is 4.79 Å². The maximum Gasteiger partial charge on any atom is 0.239 e. The Kier molecular flexibility index (Phi) is 8.29. The summed E-state index contributed by atoms with van der Waals surface area (Å²) in [4.78, 5) is 11.9. The second-order valence-electron chi connectivity index (χ2n) is 5.55. The monoisotopic (exact) mass is 358 g/mol. The summed E-state index contributed by atoms with van der Waals surface area (Å²) in [5.41, 5.74) is 1.88. The highest BCUT2D eigenvalue weighted by Crippen LogP contribution is 2.15. The number of carbonyl (C=O) groups excluding carboxylic acids is 1. The van der Waals surface area contributed by atoms with Crippen LogP contribution in [0.3, 0.4) is 0 Å². The van der Waals surface area contributed by atoms with Crippen molar-refractivity contribution >= 4 is 11.6 Å². The van der Waals surface area contributed by atoms with Crippen LogP contribution < -0.4 is 20.1 Å². The lowest BCUT2D eigenvalue weighted by atomic mass is 10.2. The predicted molar refractivity (Wildman–Crippen MR) is 102 cm³/mol. The largest absolute Gasteiger partial charge is 0.497 e. The van der Waals surface area contributed by atoms with E-state index in [0.29, 0.717) is 26.4 Å². The number of anilines is 1. The number of hydrogen-bond acceptors (Lipinski definition) is 5. The molecule has 26 heavy (non-hydrogen) atoms. The normalized spacial score (nSPS) is 10.2. The van der Waals surface area contributed by atoms with Crippen LogP contribution in [0.1, 0.15) is 12.5 Å². The third kappa shape index (κ3) is 7.03. The van der Waals surface area contributed by atoms with Crippen LogP contribution in [0.2, 0.25) is 0 Å². The average Bonchev–Trinajstić information content (AvgIpc) is 2.69. The van der Waals surface area contributed by atoms with Crippen molar-refractivity contribution in [3.63, 3.8) is 0 Å². The van der Waals surface area contributed by atoms with E-state index < -0.39 is 0 Å². The molecule has 0 heterocycles. The van der Waals surface area contributed by atoms with Gasteiger partial charge in [-0.25, -0.2) is 0 Å². The Balaban J connectivity index is 1.67. The van der Waals surface area contributed by atoms with Gasteiger partial charge < -0.3 is 24.8 Å². The van der Waals surface area contributed by atoms with Gasteiger partial charge in [-0.2, -0.15) is 0 Å². The van der Waals surface area contributed by atoms with E-state index in [9.17, 15) is 4.79 Å². The molecule has 0 unspecified atom stereocenters. The van der Waals surface area contributed by atoms with Crippen LogP contribution >= 0.6 is 0 Å². The molecular formula is C20H26N2O4. The number of methoxy groups -OCH3 is 1. The highest BCUT2D eigenvalue weighted by Gasteiger charge is 2.02. The molecule has 0 aliphatic heterocycles. The smallest absolute Gasteiger partial charge is 0.239 e. The maximum absolute atomic E-state index is 11.9. The van der Waals surface area contributed by atoms with Gasteiger partial charge in [0.1, 0.15) is 18.1 Å². The molecule has 6 heteroatoms. The van der Waals surface area contributed by atoms with Crippen molar-refractivity contribution in [2.45, 2.75) is 13.5 Å². The molecule has 0 atom stereocenters. The fraction of sp³-hybridized carbons (Fsp3) is 0.350. The third-order valence-electron chi connectivity index (χ3n) is 3.66. The number of benzene rings is 2. The Morgan fingerprint density at radius 1 is 0.962 bits per heavy atom. The molecule has 0 radical (unpaired) electrons. The van der Waals surface area contributed by atoms with E-state index in [1.54, 1.807) is 7.11 Å². The molecule has 2 aromatic carbocycles. The zero-order valence-corrected chi connectivity index (χ0v) is 15.3. The first-order valence-electron chi connectivity index (χ1n) is 8.65. The summed E-state index contributed by atoms with van der Waals surface area (Å²) in [6.07, 6.45) is 0. The molecule has 0 spiro atoms. The van der Waals surface area contributed by atoms with E-state index in [1.165, 1.54) is 0 Å². The molecular weight excluding hydrogens is 332 g/mol. The molecule has 1 amide bonds. The van der Waals surface area contributed by atoms with Gasteiger partial charge in [-0.15, -0.1) is 0 Å². The van der Waals surface area contributed by atoms with E-state index in [2.05, 4.69) is 10.6 Å². The van der Waals surface area contributed by atoms with Crippen LogP contribution in [0, 0.1) is 0 Å². The van der Waals surface area contributed by atoms with Gasteiger partial charge >= 0.3 is 0 Å². The van der Waals surface area contributed by atoms with Crippen LogP contribution in [0.5, 0.6) is 11.5 Å². The minimum atomic E-state index is -0.0714. The molecule has 0 fully saturated rings. The van der Waals surface area contributed by atoms with E-state index in [0.717, 1.165) is 22.7 Å². The molecule has 0 bridgehead atoms. The van der Waals surface area contributed by atoms with Crippen molar-refractivity contribution in [3.05, 3.63) is 54.1 Å². The van der Waals surface area contributed by atoms with E-state index in [-0.39, 0.29) is 12.5 Å². The molecule has 6 nitrogen and oxygen atoms in total. The number of amides is 1. The molecule has 0 aliphatic carbocycles. The maximum atomic E-state index is 11.9. The van der Waals surface area contributed by atoms with Crippen molar-refractivity contribution in [2.24, 2.45) is 0 Å². The van der Waals surface area contributed by atoms with Crippen LogP contribution in [-0.4, -0.2) is 39.4 Å². The molecule has 2 N–H and O–H groups in total. The van der Waals surface area contributed by atoms with Gasteiger partial charge in [0.2, 0.25) is 5.91 Å². The van der Waals surface area contributed by atoms with Gasteiger partial charge in [-0.05, 0) is 48.9 Å². The number of carbonyl (C=O) groups is 1. The minimum Gasteiger partial charge on any atom is -0.497 e. The number of ether oxygens (including phenoxy) is 3. The van der Waals surface area contributed by atoms with Gasteiger partial charge in [-0.1, -0.05) is 12.1 Å². The molecule has 0 aromatic heterocycles. The molecule has 0 saturated carbocycles. The van der Waals surface area contributed by atoms with Gasteiger partial charge in [0.05, 0.1) is 20.3 Å². The van der Waals surface area contributed by atoms with Crippen molar-refractivity contribution in [1.29, 1.82) is 0 Å². The minimum absolute atomic E-state index is 0.0714. The number of rotatable bonds is 11. The summed E-state index contributed by atoms with van der Waals surface area (Å²) in [7, 11) is 1.63.